The van der Waals surface area contributed by atoms with Crippen LogP contribution in [0, 0.1) is 0 Å². The van der Waals surface area contributed by atoms with Crippen molar-refractivity contribution in [3.05, 3.63) is 42.0 Å². The molecule has 0 fully saturated rings. The van der Waals surface area contributed by atoms with Gasteiger partial charge < -0.3 is 0 Å². The third kappa shape index (κ3) is 2.23. The number of hydrogen-bond donors (Lipinski definition) is 0. The number of rotatable bonds is 3. The molecule has 4 heteroatoms. The van der Waals surface area contributed by atoms with Crippen molar-refractivity contribution in [1.82, 2.24) is 9.97 Å². The summed E-state index contributed by atoms with van der Waals surface area (Å²) in [5.41, 5.74) is 2.31. The SMILES string of the molecule is C=C(N=CC)c1cccc(-c2nccs2)n1. The summed E-state index contributed by atoms with van der Waals surface area (Å²) in [6, 6.07) is 5.77. The number of pyridine rings is 1. The molecule has 3 nitrogen and oxygen atoms in total. The van der Waals surface area contributed by atoms with Gasteiger partial charge in [-0.2, -0.15) is 0 Å². The van der Waals surface area contributed by atoms with E-state index in [1.807, 2.05) is 30.5 Å². The fourth-order valence-corrected chi connectivity index (χ4v) is 1.89. The van der Waals surface area contributed by atoms with E-state index in [9.17, 15) is 0 Å². The van der Waals surface area contributed by atoms with Crippen LogP contribution in [0.3, 0.4) is 0 Å². The molecular formula is C12H11N3S. The molecule has 0 saturated carbocycles. The van der Waals surface area contributed by atoms with E-state index in [0.29, 0.717) is 5.70 Å². The van der Waals surface area contributed by atoms with E-state index >= 15 is 0 Å². The van der Waals surface area contributed by atoms with Gasteiger partial charge in [-0.3, -0.25) is 4.99 Å². The molecule has 0 amide bonds. The quantitative estimate of drug-likeness (QED) is 0.758. The number of thiazole rings is 1. The van der Waals surface area contributed by atoms with E-state index in [-0.39, 0.29) is 0 Å². The second kappa shape index (κ2) is 4.81. The lowest BCUT2D eigenvalue weighted by Gasteiger charge is -2.01. The van der Waals surface area contributed by atoms with E-state index < -0.39 is 0 Å². The highest BCUT2D eigenvalue weighted by molar-refractivity contribution is 7.13. The first-order valence-corrected chi connectivity index (χ1v) is 5.74. The molecule has 0 radical (unpaired) electrons. The summed E-state index contributed by atoms with van der Waals surface area (Å²) < 4.78 is 0. The molecular weight excluding hydrogens is 218 g/mol. The number of nitrogens with zero attached hydrogens (tertiary/aromatic N) is 3. The van der Waals surface area contributed by atoms with Crippen LogP contribution in [0.4, 0.5) is 0 Å². The molecule has 0 saturated heterocycles. The summed E-state index contributed by atoms with van der Waals surface area (Å²) in [7, 11) is 0. The van der Waals surface area contributed by atoms with Crippen LogP contribution in [-0.4, -0.2) is 16.2 Å². The summed E-state index contributed by atoms with van der Waals surface area (Å²) in [5, 5.41) is 2.85. The van der Waals surface area contributed by atoms with E-state index in [2.05, 4.69) is 21.5 Å². The third-order valence-corrected chi connectivity index (χ3v) is 2.78. The van der Waals surface area contributed by atoms with Gasteiger partial charge in [-0.05, 0) is 19.1 Å². The molecule has 16 heavy (non-hydrogen) atoms. The molecule has 0 unspecified atom stereocenters. The first-order chi connectivity index (χ1) is 7.81. The average molecular weight is 229 g/mol. The van der Waals surface area contributed by atoms with E-state index in [1.54, 1.807) is 23.7 Å². The van der Waals surface area contributed by atoms with Gasteiger partial charge in [0.2, 0.25) is 0 Å². The largest absolute Gasteiger partial charge is 0.260 e. The van der Waals surface area contributed by atoms with Crippen LogP contribution in [0.5, 0.6) is 0 Å². The van der Waals surface area contributed by atoms with Crippen LogP contribution in [0.25, 0.3) is 16.4 Å². The predicted molar refractivity (Wildman–Crippen MR) is 68.5 cm³/mol. The molecule has 0 spiro atoms. The van der Waals surface area contributed by atoms with Crippen LogP contribution < -0.4 is 0 Å². The van der Waals surface area contributed by atoms with Crippen LogP contribution >= 0.6 is 11.3 Å². The van der Waals surface area contributed by atoms with Crippen LogP contribution in [0.2, 0.25) is 0 Å². The van der Waals surface area contributed by atoms with Crippen molar-refractivity contribution in [3.63, 3.8) is 0 Å². The Balaban J connectivity index is 2.37. The Morgan fingerprint density at radius 1 is 1.50 bits per heavy atom. The van der Waals surface area contributed by atoms with Crippen LogP contribution in [0.15, 0.2) is 41.3 Å². The zero-order valence-corrected chi connectivity index (χ0v) is 9.74. The first-order valence-electron chi connectivity index (χ1n) is 4.86. The second-order valence-electron chi connectivity index (χ2n) is 3.08. The van der Waals surface area contributed by atoms with E-state index in [1.165, 1.54) is 0 Å². The van der Waals surface area contributed by atoms with Crippen LogP contribution in [0.1, 0.15) is 12.6 Å². The molecule has 2 heterocycles. The number of aliphatic imine (C=N–C) groups is 1. The zero-order valence-electron chi connectivity index (χ0n) is 8.92. The summed E-state index contributed by atoms with van der Waals surface area (Å²) in [5.74, 6) is 0. The molecule has 2 aromatic rings. The zero-order chi connectivity index (χ0) is 11.4. The summed E-state index contributed by atoms with van der Waals surface area (Å²) in [4.78, 5) is 12.8. The minimum Gasteiger partial charge on any atom is -0.260 e. The molecule has 0 atom stereocenters. The monoisotopic (exact) mass is 229 g/mol. The summed E-state index contributed by atoms with van der Waals surface area (Å²) in [6.45, 7) is 5.72. The van der Waals surface area contributed by atoms with Crippen molar-refractivity contribution in [2.75, 3.05) is 0 Å². The van der Waals surface area contributed by atoms with Gasteiger partial charge in [0.1, 0.15) is 5.01 Å². The van der Waals surface area contributed by atoms with Gasteiger partial charge in [-0.25, -0.2) is 9.97 Å². The van der Waals surface area contributed by atoms with Gasteiger partial charge in [0.25, 0.3) is 0 Å². The van der Waals surface area contributed by atoms with Gasteiger partial charge in [0.05, 0.1) is 17.1 Å². The highest BCUT2D eigenvalue weighted by atomic mass is 32.1. The molecule has 2 rings (SSSR count). The van der Waals surface area contributed by atoms with Crippen molar-refractivity contribution in [2.24, 2.45) is 4.99 Å². The fraction of sp³-hybridized carbons (Fsp3) is 0.0833. The number of aromatic nitrogens is 2. The second-order valence-corrected chi connectivity index (χ2v) is 3.97. The minimum absolute atomic E-state index is 0.668. The van der Waals surface area contributed by atoms with Gasteiger partial charge >= 0.3 is 0 Å². The van der Waals surface area contributed by atoms with Crippen molar-refractivity contribution in [2.45, 2.75) is 6.92 Å². The Morgan fingerprint density at radius 3 is 3.06 bits per heavy atom. The lowest BCUT2D eigenvalue weighted by Crippen LogP contribution is -1.89. The van der Waals surface area contributed by atoms with Crippen molar-refractivity contribution in [1.29, 1.82) is 0 Å². The molecule has 0 aliphatic carbocycles. The third-order valence-electron chi connectivity index (χ3n) is 1.98. The topological polar surface area (TPSA) is 38.1 Å². The molecule has 0 N–H and O–H groups in total. The first kappa shape index (κ1) is 10.7. The average Bonchev–Trinajstić information content (AvgIpc) is 2.83. The predicted octanol–water partition coefficient (Wildman–Crippen LogP) is 3.27. The maximum absolute atomic E-state index is 4.47. The molecule has 0 aliphatic rings. The normalized spacial score (nSPS) is 10.8. The smallest absolute Gasteiger partial charge is 0.141 e. The maximum Gasteiger partial charge on any atom is 0.141 e. The Hall–Kier alpha value is -1.81. The van der Waals surface area contributed by atoms with Crippen molar-refractivity contribution in [3.8, 4) is 10.7 Å². The highest BCUT2D eigenvalue weighted by Crippen LogP contribution is 2.21. The lowest BCUT2D eigenvalue weighted by molar-refractivity contribution is 1.24. The van der Waals surface area contributed by atoms with Gasteiger partial charge in [0, 0.05) is 17.8 Å². The Bertz CT molecular complexity index is 515. The van der Waals surface area contributed by atoms with Gasteiger partial charge in [0.15, 0.2) is 0 Å². The molecule has 80 valence electrons. The molecule has 2 aromatic heterocycles. The molecule has 0 aromatic carbocycles. The van der Waals surface area contributed by atoms with Crippen molar-refractivity contribution < 1.29 is 0 Å². The fourth-order valence-electron chi connectivity index (χ4n) is 1.29. The van der Waals surface area contributed by atoms with Gasteiger partial charge in [-0.1, -0.05) is 12.6 Å². The minimum atomic E-state index is 0.668. The molecule has 0 bridgehead atoms. The highest BCUT2D eigenvalue weighted by Gasteiger charge is 2.04. The Labute approximate surface area is 98.2 Å². The standard InChI is InChI=1S/C12H11N3S/c1-3-13-9(2)10-5-4-6-11(15-10)12-14-7-8-16-12/h3-8H,2H2,1H3. The number of hydrogen-bond acceptors (Lipinski definition) is 4. The molecule has 0 aliphatic heterocycles. The lowest BCUT2D eigenvalue weighted by atomic mass is 10.2. The summed E-state index contributed by atoms with van der Waals surface area (Å²) >= 11 is 1.57. The van der Waals surface area contributed by atoms with E-state index in [0.717, 1.165) is 16.4 Å². The van der Waals surface area contributed by atoms with Gasteiger partial charge in [-0.15, -0.1) is 11.3 Å². The van der Waals surface area contributed by atoms with Crippen LogP contribution in [-0.2, 0) is 0 Å². The van der Waals surface area contributed by atoms with E-state index in [4.69, 9.17) is 0 Å². The van der Waals surface area contributed by atoms with Crippen molar-refractivity contribution >= 4 is 23.2 Å². The Morgan fingerprint density at radius 2 is 2.38 bits per heavy atom. The maximum atomic E-state index is 4.47. The Kier molecular flexibility index (Phi) is 3.22. The summed E-state index contributed by atoms with van der Waals surface area (Å²) in [6.07, 6.45) is 3.48.